The molecule has 20 heavy (non-hydrogen) atoms. The number of esters is 1. The first-order valence-electron chi connectivity index (χ1n) is 7.23. The van der Waals surface area contributed by atoms with E-state index in [1.807, 2.05) is 45.0 Å². The topological polar surface area (TPSA) is 35.5 Å². The van der Waals surface area contributed by atoms with Gasteiger partial charge in [0.1, 0.15) is 11.4 Å². The molecule has 0 saturated carbocycles. The highest BCUT2D eigenvalue weighted by molar-refractivity contribution is 5.75. The lowest BCUT2D eigenvalue weighted by molar-refractivity contribution is -0.162. The summed E-state index contributed by atoms with van der Waals surface area (Å²) in [4.78, 5) is 12.0. The molecule has 0 radical (unpaired) electrons. The van der Waals surface area contributed by atoms with Crippen molar-refractivity contribution in [2.24, 2.45) is 0 Å². The van der Waals surface area contributed by atoms with Gasteiger partial charge >= 0.3 is 5.97 Å². The summed E-state index contributed by atoms with van der Waals surface area (Å²) in [6.45, 7) is 11.6. The van der Waals surface area contributed by atoms with Gasteiger partial charge in [-0.25, -0.2) is 4.79 Å². The number of carbonyl (C=O) groups is 1. The third-order valence-corrected chi connectivity index (χ3v) is 3.10. The largest absolute Gasteiger partial charge is 0.479 e. The van der Waals surface area contributed by atoms with E-state index in [9.17, 15) is 4.79 Å². The third kappa shape index (κ3) is 4.87. The van der Waals surface area contributed by atoms with Crippen molar-refractivity contribution >= 4 is 5.97 Å². The number of hydrogen-bond acceptors (Lipinski definition) is 3. The van der Waals surface area contributed by atoms with E-state index in [-0.39, 0.29) is 5.97 Å². The van der Waals surface area contributed by atoms with Crippen molar-refractivity contribution < 1.29 is 14.3 Å². The molecule has 0 saturated heterocycles. The summed E-state index contributed by atoms with van der Waals surface area (Å²) in [6, 6.07) is 7.86. The second kappa shape index (κ2) is 6.78. The fourth-order valence-electron chi connectivity index (χ4n) is 1.84. The van der Waals surface area contributed by atoms with Crippen molar-refractivity contribution in [3.05, 3.63) is 29.8 Å². The molecule has 0 N–H and O–H groups in total. The Morgan fingerprint density at radius 2 is 1.80 bits per heavy atom. The Morgan fingerprint density at radius 3 is 2.35 bits per heavy atom. The van der Waals surface area contributed by atoms with Gasteiger partial charge in [-0.2, -0.15) is 0 Å². The summed E-state index contributed by atoms with van der Waals surface area (Å²) >= 11 is 0. The predicted octanol–water partition coefficient (Wildman–Crippen LogP) is 4.31. The molecule has 1 aromatic rings. The Kier molecular flexibility index (Phi) is 5.61. The molecule has 0 fully saturated rings. The summed E-state index contributed by atoms with van der Waals surface area (Å²) in [5.74, 6) is 0.828. The first-order valence-corrected chi connectivity index (χ1v) is 7.23. The van der Waals surface area contributed by atoms with Crippen LogP contribution in [0, 0.1) is 0 Å². The Labute approximate surface area is 122 Å². The highest BCUT2D eigenvalue weighted by Gasteiger charge is 2.24. The molecular weight excluding hydrogens is 252 g/mol. The Bertz CT molecular complexity index is 446. The zero-order valence-electron chi connectivity index (χ0n) is 13.4. The normalized spacial score (nSPS) is 14.5. The molecule has 0 bridgehead atoms. The van der Waals surface area contributed by atoms with Gasteiger partial charge in [-0.3, -0.25) is 0 Å². The minimum absolute atomic E-state index is 0.337. The van der Waals surface area contributed by atoms with Gasteiger partial charge in [-0.1, -0.05) is 32.0 Å². The maximum Gasteiger partial charge on any atom is 0.347 e. The minimum atomic E-state index is -0.612. The molecule has 1 rings (SSSR count). The molecular formula is C17H26O3. The van der Waals surface area contributed by atoms with Gasteiger partial charge in [0, 0.05) is 0 Å². The van der Waals surface area contributed by atoms with Crippen LogP contribution in [-0.4, -0.2) is 17.7 Å². The van der Waals surface area contributed by atoms with Crippen molar-refractivity contribution in [1.29, 1.82) is 0 Å². The minimum Gasteiger partial charge on any atom is -0.479 e. The molecule has 0 spiro atoms. The van der Waals surface area contributed by atoms with Crippen LogP contribution in [0.4, 0.5) is 0 Å². The number of hydrogen-bond donors (Lipinski definition) is 0. The Morgan fingerprint density at radius 1 is 1.20 bits per heavy atom. The summed E-state index contributed by atoms with van der Waals surface area (Å²) in [5, 5.41) is 0. The fraction of sp³-hybridized carbons (Fsp3) is 0.588. The fourth-order valence-corrected chi connectivity index (χ4v) is 1.84. The Hall–Kier alpha value is -1.51. The van der Waals surface area contributed by atoms with Gasteiger partial charge in [0.15, 0.2) is 6.10 Å². The zero-order chi connectivity index (χ0) is 15.3. The molecule has 3 nitrogen and oxygen atoms in total. The van der Waals surface area contributed by atoms with Gasteiger partial charge in [-0.05, 0) is 51.7 Å². The molecule has 1 aromatic carbocycles. The van der Waals surface area contributed by atoms with Crippen LogP contribution in [0.3, 0.4) is 0 Å². The van der Waals surface area contributed by atoms with E-state index in [4.69, 9.17) is 9.47 Å². The number of carbonyl (C=O) groups excluding carboxylic acids is 1. The lowest BCUT2D eigenvalue weighted by Crippen LogP contribution is -2.33. The van der Waals surface area contributed by atoms with Crippen molar-refractivity contribution in [2.75, 3.05) is 0 Å². The van der Waals surface area contributed by atoms with Crippen molar-refractivity contribution in [3.8, 4) is 5.75 Å². The third-order valence-electron chi connectivity index (χ3n) is 3.10. The second-order valence-electron chi connectivity index (χ2n) is 6.14. The van der Waals surface area contributed by atoms with Crippen molar-refractivity contribution in [3.63, 3.8) is 0 Å². The standard InChI is InChI=1S/C17H26O3/c1-7-12(2)14-10-8-9-11-15(14)19-13(3)16(18)20-17(4,5)6/h8-13H,7H2,1-6H3. The highest BCUT2D eigenvalue weighted by atomic mass is 16.6. The average Bonchev–Trinajstić information content (AvgIpc) is 2.36. The van der Waals surface area contributed by atoms with Crippen molar-refractivity contribution in [2.45, 2.75) is 65.6 Å². The van der Waals surface area contributed by atoms with Gasteiger partial charge in [0.05, 0.1) is 0 Å². The van der Waals surface area contributed by atoms with E-state index in [1.165, 1.54) is 0 Å². The maximum absolute atomic E-state index is 12.0. The second-order valence-corrected chi connectivity index (χ2v) is 6.14. The molecule has 2 unspecified atom stereocenters. The molecule has 0 aromatic heterocycles. The van der Waals surface area contributed by atoms with E-state index >= 15 is 0 Å². The number of benzene rings is 1. The first kappa shape index (κ1) is 16.5. The quantitative estimate of drug-likeness (QED) is 0.753. The van der Waals surface area contributed by atoms with Crippen LogP contribution in [0.1, 0.15) is 59.4 Å². The number of rotatable bonds is 5. The van der Waals surface area contributed by atoms with Gasteiger partial charge < -0.3 is 9.47 Å². The summed E-state index contributed by atoms with van der Waals surface area (Å²) in [6.07, 6.45) is 0.417. The van der Waals surface area contributed by atoms with E-state index in [0.29, 0.717) is 5.92 Å². The molecule has 112 valence electrons. The summed E-state index contributed by atoms with van der Waals surface area (Å²) < 4.78 is 11.1. The highest BCUT2D eigenvalue weighted by Crippen LogP contribution is 2.29. The van der Waals surface area contributed by atoms with Crippen LogP contribution in [0.5, 0.6) is 5.75 Å². The smallest absolute Gasteiger partial charge is 0.347 e. The maximum atomic E-state index is 12.0. The van der Waals surface area contributed by atoms with E-state index in [2.05, 4.69) is 13.8 Å². The molecule has 0 aliphatic carbocycles. The molecule has 0 aliphatic heterocycles. The van der Waals surface area contributed by atoms with E-state index < -0.39 is 11.7 Å². The lowest BCUT2D eigenvalue weighted by Gasteiger charge is -2.24. The monoisotopic (exact) mass is 278 g/mol. The van der Waals surface area contributed by atoms with Crippen LogP contribution < -0.4 is 4.74 Å². The molecule has 0 amide bonds. The van der Waals surface area contributed by atoms with Gasteiger partial charge in [0.25, 0.3) is 0 Å². The van der Waals surface area contributed by atoms with Crippen LogP contribution in [0.2, 0.25) is 0 Å². The summed E-state index contributed by atoms with van der Waals surface area (Å²) in [7, 11) is 0. The number of ether oxygens (including phenoxy) is 2. The number of para-hydroxylation sites is 1. The molecule has 3 heteroatoms. The summed E-state index contributed by atoms with van der Waals surface area (Å²) in [5.41, 5.74) is 0.635. The van der Waals surface area contributed by atoms with Crippen LogP contribution in [0.15, 0.2) is 24.3 Å². The van der Waals surface area contributed by atoms with Crippen molar-refractivity contribution in [1.82, 2.24) is 0 Å². The van der Waals surface area contributed by atoms with Crippen LogP contribution >= 0.6 is 0 Å². The molecule has 2 atom stereocenters. The zero-order valence-corrected chi connectivity index (χ0v) is 13.4. The van der Waals surface area contributed by atoms with Gasteiger partial charge in [-0.15, -0.1) is 0 Å². The first-order chi connectivity index (χ1) is 9.24. The van der Waals surface area contributed by atoms with E-state index in [0.717, 1.165) is 17.7 Å². The van der Waals surface area contributed by atoms with Gasteiger partial charge in [0.2, 0.25) is 0 Å². The molecule has 0 aliphatic rings. The SMILES string of the molecule is CCC(C)c1ccccc1OC(C)C(=O)OC(C)(C)C. The molecule has 0 heterocycles. The Balaban J connectivity index is 2.80. The van der Waals surface area contributed by atoms with E-state index in [1.54, 1.807) is 6.92 Å². The van der Waals surface area contributed by atoms with Crippen LogP contribution in [0.25, 0.3) is 0 Å². The van der Waals surface area contributed by atoms with Crippen LogP contribution in [-0.2, 0) is 9.53 Å². The average molecular weight is 278 g/mol. The predicted molar refractivity (Wildman–Crippen MR) is 81.1 cm³/mol. The lowest BCUT2D eigenvalue weighted by atomic mass is 9.98.